The Balaban J connectivity index is 0.00000208. The third kappa shape index (κ3) is 4.43. The number of hydrogen-bond acceptors (Lipinski definition) is 1. The molecule has 0 aliphatic heterocycles. The first kappa shape index (κ1) is 15.8. The molecule has 0 heterocycles. The van der Waals surface area contributed by atoms with E-state index in [1.54, 1.807) is 0 Å². The van der Waals surface area contributed by atoms with Crippen molar-refractivity contribution >= 4 is 10.8 Å². The van der Waals surface area contributed by atoms with Gasteiger partial charge in [-0.2, -0.15) is 0 Å². The van der Waals surface area contributed by atoms with Crippen LogP contribution in [0.4, 0.5) is 0 Å². The maximum absolute atomic E-state index is 3.65. The summed E-state index contributed by atoms with van der Waals surface area (Å²) in [5.74, 6) is 0. The highest BCUT2D eigenvalue weighted by molar-refractivity contribution is 5.85. The van der Waals surface area contributed by atoms with E-state index in [1.807, 2.05) is 0 Å². The molecule has 1 unspecified atom stereocenters. The summed E-state index contributed by atoms with van der Waals surface area (Å²) in [6.07, 6.45) is 3.40. The molecule has 3 rings (SSSR count). The second-order valence-electron chi connectivity index (χ2n) is 6.29. The van der Waals surface area contributed by atoms with Gasteiger partial charge in [0, 0.05) is 7.47 Å². The van der Waals surface area contributed by atoms with E-state index in [1.165, 1.54) is 28.3 Å². The average molecular weight is 305 g/mol. The Morgan fingerprint density at radius 2 is 1.61 bits per heavy atom. The van der Waals surface area contributed by atoms with Crippen LogP contribution in [0.3, 0.4) is 0 Å². The molecule has 0 bridgehead atoms. The highest BCUT2D eigenvalue weighted by Gasteiger charge is 2.03. The minimum Gasteiger partial charge on any atom is -0.314 e. The maximum atomic E-state index is 3.65. The van der Waals surface area contributed by atoms with Crippen molar-refractivity contribution in [3.05, 3.63) is 83.9 Å². The van der Waals surface area contributed by atoms with E-state index >= 15 is 0 Å². The van der Waals surface area contributed by atoms with E-state index < -0.39 is 0 Å². The lowest BCUT2D eigenvalue weighted by molar-refractivity contribution is 0.534. The van der Waals surface area contributed by atoms with Crippen LogP contribution < -0.4 is 5.32 Å². The molecule has 1 N–H and O–H groups in total. The Labute approximate surface area is 140 Å². The molecule has 120 valence electrons. The zero-order chi connectivity index (χ0) is 15.9. The van der Waals surface area contributed by atoms with Gasteiger partial charge in [0.2, 0.25) is 0 Å². The molecule has 0 saturated heterocycles. The van der Waals surface area contributed by atoms with Crippen molar-refractivity contribution < 1.29 is 1.43 Å². The van der Waals surface area contributed by atoms with E-state index in [9.17, 15) is 0 Å². The molecule has 0 amide bonds. The van der Waals surface area contributed by atoms with Crippen molar-refractivity contribution in [3.63, 3.8) is 0 Å². The van der Waals surface area contributed by atoms with Crippen LogP contribution in [0.25, 0.3) is 10.8 Å². The average Bonchev–Trinajstić information content (AvgIpc) is 2.60. The van der Waals surface area contributed by atoms with E-state index in [2.05, 4.69) is 85.0 Å². The number of nitrogens with one attached hydrogen (secondary N) is 1. The van der Waals surface area contributed by atoms with Gasteiger partial charge in [0.05, 0.1) is 0 Å². The van der Waals surface area contributed by atoms with Crippen LogP contribution in [0.5, 0.6) is 0 Å². The lowest BCUT2D eigenvalue weighted by Gasteiger charge is -2.14. The van der Waals surface area contributed by atoms with Gasteiger partial charge in [-0.15, -0.1) is 0 Å². The summed E-state index contributed by atoms with van der Waals surface area (Å²) in [6, 6.07) is 26.5. The summed E-state index contributed by atoms with van der Waals surface area (Å²) in [5.41, 5.74) is 2.86. The molecule has 0 aliphatic rings. The third-order valence-corrected chi connectivity index (χ3v) is 4.38. The Morgan fingerprint density at radius 1 is 0.870 bits per heavy atom. The topological polar surface area (TPSA) is 12.0 Å². The number of benzene rings is 3. The molecule has 0 saturated carbocycles. The Bertz CT molecular complexity index is 734. The molecule has 3 aromatic carbocycles. The zero-order valence-corrected chi connectivity index (χ0v) is 13.8. The third-order valence-electron chi connectivity index (χ3n) is 4.38. The van der Waals surface area contributed by atoms with Gasteiger partial charge in [-0.1, -0.05) is 72.8 Å². The first-order valence-electron chi connectivity index (χ1n) is 8.57. The van der Waals surface area contributed by atoms with Crippen molar-refractivity contribution in [1.82, 2.24) is 5.32 Å². The highest BCUT2D eigenvalue weighted by atomic mass is 14.9. The van der Waals surface area contributed by atoms with Gasteiger partial charge in [0.1, 0.15) is 0 Å². The normalized spacial score (nSPS) is 12.4. The van der Waals surface area contributed by atoms with E-state index in [0.717, 1.165) is 19.4 Å². The molecule has 1 nitrogen and oxygen atoms in total. The fraction of sp³-hybridized carbons (Fsp3) is 0.273. The molecule has 1 atom stereocenters. The van der Waals surface area contributed by atoms with Crippen LogP contribution in [0.2, 0.25) is 0 Å². The SMILES string of the molecule is CC(Cc1ccccc1)NCCCc1cccc2ccccc12.[HH]. The standard InChI is InChI=1S/C22H25N.H2/c1-18(17-19-9-3-2-4-10-19)23-16-8-14-21-13-7-12-20-11-5-6-15-22(20)21;/h2-7,9-13,15,18,23H,8,14,16-17H2,1H3;1H. The second-order valence-corrected chi connectivity index (χ2v) is 6.29. The molecule has 0 fully saturated rings. The Morgan fingerprint density at radius 3 is 2.48 bits per heavy atom. The first-order valence-corrected chi connectivity index (χ1v) is 8.57. The summed E-state index contributed by atoms with van der Waals surface area (Å²) in [6.45, 7) is 3.34. The van der Waals surface area contributed by atoms with Crippen LogP contribution in [-0.2, 0) is 12.8 Å². The quantitative estimate of drug-likeness (QED) is 0.589. The van der Waals surface area contributed by atoms with E-state index in [0.29, 0.717) is 6.04 Å². The Kier molecular flexibility index (Phi) is 5.44. The van der Waals surface area contributed by atoms with Crippen molar-refractivity contribution in [3.8, 4) is 0 Å². The van der Waals surface area contributed by atoms with Crippen LogP contribution >= 0.6 is 0 Å². The number of aryl methyl sites for hydroxylation is 1. The van der Waals surface area contributed by atoms with E-state index in [-0.39, 0.29) is 1.43 Å². The van der Waals surface area contributed by atoms with E-state index in [4.69, 9.17) is 0 Å². The van der Waals surface area contributed by atoms with Crippen molar-refractivity contribution in [2.45, 2.75) is 32.2 Å². The zero-order valence-electron chi connectivity index (χ0n) is 13.8. The van der Waals surface area contributed by atoms with Crippen LogP contribution in [0.1, 0.15) is 25.9 Å². The molecule has 23 heavy (non-hydrogen) atoms. The second kappa shape index (κ2) is 7.94. The lowest BCUT2D eigenvalue weighted by Crippen LogP contribution is -2.29. The summed E-state index contributed by atoms with van der Waals surface area (Å²) in [4.78, 5) is 0. The molecule has 0 spiro atoms. The number of rotatable bonds is 7. The van der Waals surface area contributed by atoms with Gasteiger partial charge in [0.15, 0.2) is 0 Å². The fourth-order valence-electron chi connectivity index (χ4n) is 3.18. The molecular formula is C22H27N. The maximum Gasteiger partial charge on any atom is 0.00791 e. The number of fused-ring (bicyclic) bond motifs is 1. The highest BCUT2D eigenvalue weighted by Crippen LogP contribution is 2.19. The summed E-state index contributed by atoms with van der Waals surface area (Å²) >= 11 is 0. The fourth-order valence-corrected chi connectivity index (χ4v) is 3.18. The molecule has 0 radical (unpaired) electrons. The Hall–Kier alpha value is -2.12. The summed E-state index contributed by atoms with van der Waals surface area (Å²) in [5, 5.41) is 6.39. The van der Waals surface area contributed by atoms with Crippen molar-refractivity contribution in [2.75, 3.05) is 6.54 Å². The van der Waals surface area contributed by atoms with Gasteiger partial charge >= 0.3 is 0 Å². The predicted molar refractivity (Wildman–Crippen MR) is 102 cm³/mol. The number of hydrogen-bond donors (Lipinski definition) is 1. The van der Waals surface area contributed by atoms with Crippen molar-refractivity contribution in [1.29, 1.82) is 0 Å². The summed E-state index contributed by atoms with van der Waals surface area (Å²) in [7, 11) is 0. The smallest absolute Gasteiger partial charge is 0.00791 e. The van der Waals surface area contributed by atoms with Crippen LogP contribution in [0, 0.1) is 0 Å². The lowest BCUT2D eigenvalue weighted by atomic mass is 10.0. The monoisotopic (exact) mass is 305 g/mol. The van der Waals surface area contributed by atoms with Crippen molar-refractivity contribution in [2.24, 2.45) is 0 Å². The molecular weight excluding hydrogens is 278 g/mol. The van der Waals surface area contributed by atoms with Gasteiger partial charge in [-0.3, -0.25) is 0 Å². The van der Waals surface area contributed by atoms with Gasteiger partial charge in [-0.05, 0) is 54.6 Å². The van der Waals surface area contributed by atoms with Gasteiger partial charge in [-0.25, -0.2) is 0 Å². The summed E-state index contributed by atoms with van der Waals surface area (Å²) < 4.78 is 0. The molecule has 3 aromatic rings. The largest absolute Gasteiger partial charge is 0.314 e. The first-order chi connectivity index (χ1) is 11.3. The van der Waals surface area contributed by atoms with Gasteiger partial charge < -0.3 is 5.32 Å². The minimum atomic E-state index is 0. The molecule has 0 aromatic heterocycles. The predicted octanol–water partition coefficient (Wildman–Crippen LogP) is 5.24. The minimum absolute atomic E-state index is 0. The van der Waals surface area contributed by atoms with Crippen LogP contribution in [-0.4, -0.2) is 12.6 Å². The van der Waals surface area contributed by atoms with Gasteiger partial charge in [0.25, 0.3) is 0 Å². The molecule has 1 heteroatoms. The van der Waals surface area contributed by atoms with Crippen LogP contribution in [0.15, 0.2) is 72.8 Å². The molecule has 0 aliphatic carbocycles.